The number of carbonyl (C=O) groups excluding carboxylic acids is 2. The zero-order chi connectivity index (χ0) is 27.6. The molecular weight excluding hydrogens is 488 g/mol. The van der Waals surface area contributed by atoms with E-state index in [4.69, 9.17) is 20.0 Å². The molecule has 6 nitrogen and oxygen atoms in total. The molecule has 0 aliphatic heterocycles. The summed E-state index contributed by atoms with van der Waals surface area (Å²) in [6.07, 6.45) is 0.865. The molecule has 0 amide bonds. The molecule has 4 aromatic carbocycles. The molecule has 0 spiro atoms. The van der Waals surface area contributed by atoms with Gasteiger partial charge in [-0.3, -0.25) is 9.59 Å². The van der Waals surface area contributed by atoms with Crippen molar-refractivity contribution in [1.82, 2.24) is 0 Å². The van der Waals surface area contributed by atoms with E-state index in [-0.39, 0.29) is 30.7 Å². The Morgan fingerprint density at radius 1 is 0.615 bits per heavy atom. The second kappa shape index (κ2) is 12.9. The average Bonchev–Trinajstić information content (AvgIpc) is 2.97. The largest absolute Gasteiger partial charge is 0.427 e. The number of rotatable bonds is 9. The minimum Gasteiger partial charge on any atom is -0.427 e. The van der Waals surface area contributed by atoms with Gasteiger partial charge in [-0.05, 0) is 83.1 Å². The Morgan fingerprint density at radius 2 is 0.974 bits per heavy atom. The third-order valence-electron chi connectivity index (χ3n) is 6.22. The number of benzene rings is 4. The van der Waals surface area contributed by atoms with Crippen LogP contribution in [0.3, 0.4) is 0 Å². The molecule has 0 bridgehead atoms. The van der Waals surface area contributed by atoms with Crippen molar-refractivity contribution in [3.05, 3.63) is 108 Å². The fourth-order valence-corrected chi connectivity index (χ4v) is 4.01. The minimum absolute atomic E-state index is 0.0540. The summed E-state index contributed by atoms with van der Waals surface area (Å²) in [6, 6.07) is 33.1. The van der Waals surface area contributed by atoms with Crippen LogP contribution in [0.4, 0.5) is 0 Å². The van der Waals surface area contributed by atoms with E-state index >= 15 is 0 Å². The van der Waals surface area contributed by atoms with Crippen LogP contribution in [-0.2, 0) is 9.59 Å². The van der Waals surface area contributed by atoms with Crippen molar-refractivity contribution in [3.8, 4) is 45.9 Å². The fourth-order valence-electron chi connectivity index (χ4n) is 4.01. The molecule has 4 rings (SSSR count). The van der Waals surface area contributed by atoms with Crippen LogP contribution in [-0.4, -0.2) is 11.9 Å². The zero-order valence-corrected chi connectivity index (χ0v) is 21.5. The molecule has 0 saturated heterocycles. The molecule has 0 saturated carbocycles. The molecule has 0 heterocycles. The van der Waals surface area contributed by atoms with Gasteiger partial charge in [-0.25, -0.2) is 0 Å². The molecule has 192 valence electrons. The van der Waals surface area contributed by atoms with Crippen molar-refractivity contribution < 1.29 is 19.1 Å². The van der Waals surface area contributed by atoms with E-state index in [0.29, 0.717) is 29.0 Å². The lowest BCUT2D eigenvalue weighted by Crippen LogP contribution is -2.15. The molecule has 1 atom stereocenters. The number of carbonyl (C=O) groups is 2. The molecule has 0 aliphatic carbocycles. The molecule has 0 fully saturated rings. The Hall–Kier alpha value is -5.20. The standard InChI is InChI=1S/C33H26N2O4/c1-23(20-33(37)39-31-17-13-29(14-18-31)27-9-5-25(22-35)6-10-27)2-19-32(36)38-30-15-11-28(12-16-30)26-7-3-24(21-34)4-8-26/h3-18,23H,2,19-20H2,1H3/t23-/m1/s1. The Balaban J connectivity index is 1.20. The Kier molecular flexibility index (Phi) is 8.85. The van der Waals surface area contributed by atoms with Crippen LogP contribution in [0.2, 0.25) is 0 Å². The summed E-state index contributed by atoms with van der Waals surface area (Å²) in [6.45, 7) is 1.90. The van der Waals surface area contributed by atoms with Gasteiger partial charge in [0.25, 0.3) is 0 Å². The lowest BCUT2D eigenvalue weighted by Gasteiger charge is -2.11. The van der Waals surface area contributed by atoms with Gasteiger partial charge in [0.2, 0.25) is 0 Å². The van der Waals surface area contributed by atoms with E-state index in [1.54, 1.807) is 48.5 Å². The fraction of sp³-hybridized carbons (Fsp3) is 0.152. The minimum atomic E-state index is -0.361. The van der Waals surface area contributed by atoms with Gasteiger partial charge in [0.1, 0.15) is 11.5 Å². The van der Waals surface area contributed by atoms with Crippen molar-refractivity contribution in [2.45, 2.75) is 26.2 Å². The van der Waals surface area contributed by atoms with Gasteiger partial charge < -0.3 is 9.47 Å². The van der Waals surface area contributed by atoms with Crippen LogP contribution < -0.4 is 9.47 Å². The SMILES string of the molecule is C[C@H](CCC(=O)Oc1ccc(-c2ccc(C#N)cc2)cc1)CC(=O)Oc1ccc(-c2ccc(C#N)cc2)cc1. The Morgan fingerprint density at radius 3 is 1.36 bits per heavy atom. The highest BCUT2D eigenvalue weighted by molar-refractivity contribution is 5.75. The smallest absolute Gasteiger partial charge is 0.311 e. The highest BCUT2D eigenvalue weighted by Crippen LogP contribution is 2.25. The molecule has 39 heavy (non-hydrogen) atoms. The summed E-state index contributed by atoms with van der Waals surface area (Å²) in [5.41, 5.74) is 5.04. The Labute approximate surface area is 227 Å². The van der Waals surface area contributed by atoms with Gasteiger partial charge in [0.15, 0.2) is 0 Å². The second-order valence-corrected chi connectivity index (χ2v) is 9.22. The van der Waals surface area contributed by atoms with Crippen LogP contribution >= 0.6 is 0 Å². The number of ether oxygens (including phenoxy) is 2. The molecule has 0 aromatic heterocycles. The van der Waals surface area contributed by atoms with Gasteiger partial charge in [-0.2, -0.15) is 10.5 Å². The summed E-state index contributed by atoms with van der Waals surface area (Å²) < 4.78 is 10.9. The summed E-state index contributed by atoms with van der Waals surface area (Å²) >= 11 is 0. The normalized spacial score (nSPS) is 11.1. The van der Waals surface area contributed by atoms with Gasteiger partial charge >= 0.3 is 11.9 Å². The lowest BCUT2D eigenvalue weighted by molar-refractivity contribution is -0.137. The van der Waals surface area contributed by atoms with E-state index in [2.05, 4.69) is 12.1 Å². The maximum Gasteiger partial charge on any atom is 0.311 e. The Bertz CT molecular complexity index is 1510. The van der Waals surface area contributed by atoms with Gasteiger partial charge in [0, 0.05) is 12.8 Å². The molecule has 0 aliphatic rings. The van der Waals surface area contributed by atoms with Crippen molar-refractivity contribution in [2.24, 2.45) is 5.92 Å². The third kappa shape index (κ3) is 7.64. The number of esters is 2. The molecule has 0 radical (unpaired) electrons. The van der Waals surface area contributed by atoms with E-state index in [1.165, 1.54) is 0 Å². The highest BCUT2D eigenvalue weighted by atomic mass is 16.5. The van der Waals surface area contributed by atoms with Crippen LogP contribution in [0.5, 0.6) is 11.5 Å². The maximum absolute atomic E-state index is 12.4. The molecule has 0 N–H and O–H groups in total. The first kappa shape index (κ1) is 26.9. The van der Waals surface area contributed by atoms with Crippen LogP contribution in [0.15, 0.2) is 97.1 Å². The first-order valence-corrected chi connectivity index (χ1v) is 12.6. The monoisotopic (exact) mass is 514 g/mol. The summed E-state index contributed by atoms with van der Waals surface area (Å²) in [7, 11) is 0. The first-order chi connectivity index (χ1) is 18.9. The van der Waals surface area contributed by atoms with Crippen LogP contribution in [0.25, 0.3) is 22.3 Å². The first-order valence-electron chi connectivity index (χ1n) is 12.6. The summed E-state index contributed by atoms with van der Waals surface area (Å²) in [5, 5.41) is 17.9. The van der Waals surface area contributed by atoms with Crippen molar-refractivity contribution in [2.75, 3.05) is 0 Å². The summed E-state index contributed by atoms with van der Waals surface area (Å²) in [4.78, 5) is 24.7. The van der Waals surface area contributed by atoms with Crippen molar-refractivity contribution in [1.29, 1.82) is 10.5 Å². The topological polar surface area (TPSA) is 100 Å². The third-order valence-corrected chi connectivity index (χ3v) is 6.22. The zero-order valence-electron chi connectivity index (χ0n) is 21.5. The molecule has 0 unspecified atom stereocenters. The second-order valence-electron chi connectivity index (χ2n) is 9.22. The molecular formula is C33H26N2O4. The molecule has 4 aromatic rings. The van der Waals surface area contributed by atoms with Crippen LogP contribution in [0.1, 0.15) is 37.3 Å². The van der Waals surface area contributed by atoms with Gasteiger partial charge in [0.05, 0.1) is 23.3 Å². The van der Waals surface area contributed by atoms with E-state index < -0.39 is 0 Å². The molecule has 6 heteroatoms. The predicted octanol–water partition coefficient (Wildman–Crippen LogP) is 7.08. The van der Waals surface area contributed by atoms with Gasteiger partial charge in [-0.15, -0.1) is 0 Å². The lowest BCUT2D eigenvalue weighted by atomic mass is 10.0. The van der Waals surface area contributed by atoms with E-state index in [1.807, 2.05) is 55.5 Å². The number of hydrogen-bond donors (Lipinski definition) is 0. The maximum atomic E-state index is 12.4. The summed E-state index contributed by atoms with van der Waals surface area (Å²) in [5.74, 6) is 0.129. The van der Waals surface area contributed by atoms with Gasteiger partial charge in [-0.1, -0.05) is 55.5 Å². The number of hydrogen-bond acceptors (Lipinski definition) is 6. The van der Waals surface area contributed by atoms with E-state index in [0.717, 1.165) is 22.3 Å². The quantitative estimate of drug-likeness (QED) is 0.175. The highest BCUT2D eigenvalue weighted by Gasteiger charge is 2.14. The van der Waals surface area contributed by atoms with E-state index in [9.17, 15) is 9.59 Å². The van der Waals surface area contributed by atoms with Crippen molar-refractivity contribution >= 4 is 11.9 Å². The number of nitriles is 2. The average molecular weight is 515 g/mol. The predicted molar refractivity (Wildman–Crippen MR) is 147 cm³/mol. The van der Waals surface area contributed by atoms with Crippen LogP contribution in [0, 0.1) is 28.6 Å². The van der Waals surface area contributed by atoms with Crippen molar-refractivity contribution in [3.63, 3.8) is 0 Å². The number of nitrogens with zero attached hydrogens (tertiary/aromatic N) is 2.